The molecule has 2 atom stereocenters. The van der Waals surface area contributed by atoms with Crippen LogP contribution in [-0.4, -0.2) is 20.1 Å². The Hall–Kier alpha value is -0.930. The number of rotatable bonds is 3. The second kappa shape index (κ2) is 4.73. The highest BCUT2D eigenvalue weighted by molar-refractivity contribution is 5.21. The van der Waals surface area contributed by atoms with Crippen LogP contribution in [0.15, 0.2) is 24.3 Å². The highest BCUT2D eigenvalue weighted by atomic mass is 19.1. The molecule has 2 unspecified atom stereocenters. The van der Waals surface area contributed by atoms with Crippen molar-refractivity contribution >= 4 is 0 Å². The van der Waals surface area contributed by atoms with E-state index in [-0.39, 0.29) is 5.82 Å². The fourth-order valence-electron chi connectivity index (χ4n) is 2.31. The Morgan fingerprint density at radius 3 is 2.67 bits per heavy atom. The van der Waals surface area contributed by atoms with Crippen LogP contribution in [0.25, 0.3) is 0 Å². The van der Waals surface area contributed by atoms with Gasteiger partial charge in [0.05, 0.1) is 0 Å². The Morgan fingerprint density at radius 2 is 2.13 bits per heavy atom. The van der Waals surface area contributed by atoms with Gasteiger partial charge in [-0.25, -0.2) is 4.39 Å². The van der Waals surface area contributed by atoms with E-state index in [0.717, 1.165) is 13.1 Å². The van der Waals surface area contributed by atoms with Gasteiger partial charge in [0.1, 0.15) is 5.82 Å². The summed E-state index contributed by atoms with van der Waals surface area (Å²) >= 11 is 0. The molecule has 3 heteroatoms. The van der Waals surface area contributed by atoms with Crippen LogP contribution in [0.3, 0.4) is 0 Å². The first-order chi connectivity index (χ1) is 7.31. The van der Waals surface area contributed by atoms with Crippen LogP contribution >= 0.6 is 0 Å². The molecule has 1 aliphatic heterocycles. The maximum Gasteiger partial charge on any atom is 0.123 e. The average molecular weight is 208 g/mol. The summed E-state index contributed by atoms with van der Waals surface area (Å²) in [5.41, 5.74) is 1.17. The SMILES string of the molecule is CNC(c1ccc(F)cc1)C1CCNC1. The fraction of sp³-hybridized carbons (Fsp3) is 0.500. The number of nitrogens with one attached hydrogen (secondary N) is 2. The summed E-state index contributed by atoms with van der Waals surface area (Å²) in [6.45, 7) is 2.13. The van der Waals surface area contributed by atoms with Crippen LogP contribution in [0.2, 0.25) is 0 Å². The molecule has 1 aliphatic rings. The van der Waals surface area contributed by atoms with Gasteiger partial charge in [0, 0.05) is 6.04 Å². The van der Waals surface area contributed by atoms with Gasteiger partial charge in [0.2, 0.25) is 0 Å². The van der Waals surface area contributed by atoms with E-state index in [1.165, 1.54) is 24.1 Å². The van der Waals surface area contributed by atoms with Crippen LogP contribution < -0.4 is 10.6 Å². The van der Waals surface area contributed by atoms with Crippen LogP contribution in [0.5, 0.6) is 0 Å². The van der Waals surface area contributed by atoms with Crippen molar-refractivity contribution in [1.29, 1.82) is 0 Å². The highest BCUT2D eigenvalue weighted by Crippen LogP contribution is 2.26. The van der Waals surface area contributed by atoms with E-state index < -0.39 is 0 Å². The summed E-state index contributed by atoms with van der Waals surface area (Å²) in [5, 5.41) is 6.67. The molecule has 1 fully saturated rings. The smallest absolute Gasteiger partial charge is 0.123 e. The van der Waals surface area contributed by atoms with Crippen LogP contribution in [0, 0.1) is 11.7 Å². The van der Waals surface area contributed by atoms with Gasteiger partial charge in [0.15, 0.2) is 0 Å². The van der Waals surface area contributed by atoms with Crippen molar-refractivity contribution in [1.82, 2.24) is 10.6 Å². The van der Waals surface area contributed by atoms with E-state index in [4.69, 9.17) is 0 Å². The zero-order valence-corrected chi connectivity index (χ0v) is 8.96. The molecule has 15 heavy (non-hydrogen) atoms. The van der Waals surface area contributed by atoms with Gasteiger partial charge in [-0.15, -0.1) is 0 Å². The van der Waals surface area contributed by atoms with Gasteiger partial charge in [-0.2, -0.15) is 0 Å². The second-order valence-electron chi connectivity index (χ2n) is 4.07. The van der Waals surface area contributed by atoms with Crippen LogP contribution in [-0.2, 0) is 0 Å². The summed E-state index contributed by atoms with van der Waals surface area (Å²) in [6.07, 6.45) is 1.18. The molecule has 1 aromatic carbocycles. The number of benzene rings is 1. The van der Waals surface area contributed by atoms with Gasteiger partial charge in [0.25, 0.3) is 0 Å². The molecule has 0 aromatic heterocycles. The lowest BCUT2D eigenvalue weighted by Gasteiger charge is -2.22. The Bertz CT molecular complexity index is 304. The van der Waals surface area contributed by atoms with Crippen molar-refractivity contribution in [3.05, 3.63) is 35.6 Å². The zero-order valence-electron chi connectivity index (χ0n) is 8.96. The van der Waals surface area contributed by atoms with Crippen molar-refractivity contribution in [3.8, 4) is 0 Å². The van der Waals surface area contributed by atoms with Crippen molar-refractivity contribution in [2.24, 2.45) is 5.92 Å². The Kier molecular flexibility index (Phi) is 3.34. The molecule has 1 heterocycles. The highest BCUT2D eigenvalue weighted by Gasteiger charge is 2.24. The molecule has 0 amide bonds. The van der Waals surface area contributed by atoms with E-state index in [1.807, 2.05) is 19.2 Å². The van der Waals surface area contributed by atoms with E-state index >= 15 is 0 Å². The molecule has 0 aliphatic carbocycles. The molecule has 0 spiro atoms. The monoisotopic (exact) mass is 208 g/mol. The van der Waals surface area contributed by atoms with Crippen LogP contribution in [0.1, 0.15) is 18.0 Å². The van der Waals surface area contributed by atoms with Gasteiger partial charge < -0.3 is 10.6 Å². The largest absolute Gasteiger partial charge is 0.316 e. The Labute approximate surface area is 89.9 Å². The normalized spacial score (nSPS) is 22.9. The van der Waals surface area contributed by atoms with Gasteiger partial charge in [-0.05, 0) is 50.2 Å². The molecule has 0 saturated carbocycles. The van der Waals surface area contributed by atoms with Gasteiger partial charge in [-0.3, -0.25) is 0 Å². The van der Waals surface area contributed by atoms with E-state index in [1.54, 1.807) is 0 Å². The predicted molar refractivity (Wildman–Crippen MR) is 59.2 cm³/mol. The topological polar surface area (TPSA) is 24.1 Å². The van der Waals surface area contributed by atoms with Crippen molar-refractivity contribution in [2.45, 2.75) is 12.5 Å². The lowest BCUT2D eigenvalue weighted by atomic mass is 9.92. The minimum Gasteiger partial charge on any atom is -0.316 e. The third kappa shape index (κ3) is 2.36. The maximum absolute atomic E-state index is 12.8. The zero-order chi connectivity index (χ0) is 10.7. The summed E-state index contributed by atoms with van der Waals surface area (Å²) in [5.74, 6) is 0.443. The van der Waals surface area contributed by atoms with E-state index in [2.05, 4.69) is 10.6 Å². The summed E-state index contributed by atoms with van der Waals surface area (Å²) < 4.78 is 12.8. The lowest BCUT2D eigenvalue weighted by Crippen LogP contribution is -2.26. The average Bonchev–Trinajstić information content (AvgIpc) is 2.75. The second-order valence-corrected chi connectivity index (χ2v) is 4.07. The molecular weight excluding hydrogens is 191 g/mol. The lowest BCUT2D eigenvalue weighted by molar-refractivity contribution is 0.410. The van der Waals surface area contributed by atoms with Crippen molar-refractivity contribution in [2.75, 3.05) is 20.1 Å². The molecule has 82 valence electrons. The van der Waals surface area contributed by atoms with E-state index in [0.29, 0.717) is 12.0 Å². The van der Waals surface area contributed by atoms with E-state index in [9.17, 15) is 4.39 Å². The molecular formula is C12H17FN2. The van der Waals surface area contributed by atoms with Crippen molar-refractivity contribution in [3.63, 3.8) is 0 Å². The molecule has 1 aromatic rings. The first-order valence-electron chi connectivity index (χ1n) is 5.44. The molecule has 0 radical (unpaired) electrons. The molecule has 2 N–H and O–H groups in total. The van der Waals surface area contributed by atoms with Crippen molar-refractivity contribution < 1.29 is 4.39 Å². The molecule has 2 nitrogen and oxygen atoms in total. The number of hydrogen-bond acceptors (Lipinski definition) is 2. The Morgan fingerprint density at radius 1 is 1.40 bits per heavy atom. The summed E-state index contributed by atoms with van der Waals surface area (Å²) in [6, 6.07) is 7.13. The summed E-state index contributed by atoms with van der Waals surface area (Å²) in [7, 11) is 1.96. The third-order valence-electron chi connectivity index (χ3n) is 3.11. The minimum absolute atomic E-state index is 0.168. The standard InChI is InChI=1S/C12H17FN2/c1-14-12(10-6-7-15-8-10)9-2-4-11(13)5-3-9/h2-5,10,12,14-15H,6-8H2,1H3. The van der Waals surface area contributed by atoms with Gasteiger partial charge in [-0.1, -0.05) is 12.1 Å². The first kappa shape index (κ1) is 10.6. The van der Waals surface area contributed by atoms with Crippen LogP contribution in [0.4, 0.5) is 4.39 Å². The molecule has 0 bridgehead atoms. The minimum atomic E-state index is -0.168. The molecule has 2 rings (SSSR count). The number of halogens is 1. The molecule has 1 saturated heterocycles. The first-order valence-corrected chi connectivity index (χ1v) is 5.44. The third-order valence-corrected chi connectivity index (χ3v) is 3.11. The summed E-state index contributed by atoms with van der Waals surface area (Å²) in [4.78, 5) is 0. The predicted octanol–water partition coefficient (Wildman–Crippen LogP) is 1.70. The maximum atomic E-state index is 12.8. The quantitative estimate of drug-likeness (QED) is 0.790. The number of hydrogen-bond donors (Lipinski definition) is 2. The Balaban J connectivity index is 2.14. The van der Waals surface area contributed by atoms with Gasteiger partial charge >= 0.3 is 0 Å². The fourth-order valence-corrected chi connectivity index (χ4v) is 2.31.